The number of hydrogen-bond donors (Lipinski definition) is 0. The summed E-state index contributed by atoms with van der Waals surface area (Å²) in [6, 6.07) is 0. The molecule has 1 aliphatic heterocycles. The zero-order valence-electron chi connectivity index (χ0n) is 8.73. The first-order valence-corrected chi connectivity index (χ1v) is 5.89. The van der Waals surface area contributed by atoms with Gasteiger partial charge in [-0.05, 0) is 0 Å². The number of ether oxygens (including phenoxy) is 1. The van der Waals surface area contributed by atoms with Crippen LogP contribution in [0.4, 0.5) is 0 Å². The van der Waals surface area contributed by atoms with E-state index in [4.69, 9.17) is 4.74 Å². The van der Waals surface area contributed by atoms with Gasteiger partial charge in [-0.25, -0.2) is 4.98 Å². The Hall–Kier alpha value is -0.780. The van der Waals surface area contributed by atoms with E-state index in [0.29, 0.717) is 5.69 Å². The van der Waals surface area contributed by atoms with E-state index in [1.165, 1.54) is 0 Å². The summed E-state index contributed by atoms with van der Waals surface area (Å²) in [4.78, 5) is 17.6. The molecule has 4 nitrogen and oxygen atoms in total. The highest BCUT2D eigenvalue weighted by Gasteiger charge is 2.13. The molecule has 0 unspecified atom stereocenters. The van der Waals surface area contributed by atoms with Crippen molar-refractivity contribution >= 4 is 17.1 Å². The van der Waals surface area contributed by atoms with Gasteiger partial charge in [0.15, 0.2) is 5.78 Å². The quantitative estimate of drug-likeness (QED) is 0.726. The first-order chi connectivity index (χ1) is 7.25. The van der Waals surface area contributed by atoms with E-state index in [0.717, 1.165) is 37.9 Å². The van der Waals surface area contributed by atoms with Gasteiger partial charge in [-0.2, -0.15) is 0 Å². The van der Waals surface area contributed by atoms with Crippen LogP contribution in [0.15, 0.2) is 5.38 Å². The number of Topliss-reactive ketones (excluding diaryl/α,β-unsaturated/α-hetero) is 1. The van der Waals surface area contributed by atoms with Crippen molar-refractivity contribution in [3.63, 3.8) is 0 Å². The van der Waals surface area contributed by atoms with Crippen molar-refractivity contribution in [2.75, 3.05) is 26.3 Å². The summed E-state index contributed by atoms with van der Waals surface area (Å²) in [6.45, 7) is 5.88. The third-order valence-electron chi connectivity index (χ3n) is 2.38. The standard InChI is InChI=1S/C10H14N2O2S/c1-8(13)9-7-15-10(11-9)6-12-2-4-14-5-3-12/h7H,2-6H2,1H3. The Morgan fingerprint density at radius 3 is 2.93 bits per heavy atom. The second kappa shape index (κ2) is 4.83. The molecular formula is C10H14N2O2S. The van der Waals surface area contributed by atoms with Crippen molar-refractivity contribution in [1.82, 2.24) is 9.88 Å². The van der Waals surface area contributed by atoms with Gasteiger partial charge in [0, 0.05) is 25.4 Å². The molecule has 0 atom stereocenters. The summed E-state index contributed by atoms with van der Waals surface area (Å²) < 4.78 is 5.27. The summed E-state index contributed by atoms with van der Waals surface area (Å²) >= 11 is 1.56. The molecule has 2 heterocycles. The molecule has 0 aliphatic carbocycles. The number of aromatic nitrogens is 1. The Bertz CT molecular complexity index is 345. The van der Waals surface area contributed by atoms with Crippen molar-refractivity contribution in [2.24, 2.45) is 0 Å². The van der Waals surface area contributed by atoms with Crippen molar-refractivity contribution in [2.45, 2.75) is 13.5 Å². The van der Waals surface area contributed by atoms with E-state index < -0.39 is 0 Å². The third-order valence-corrected chi connectivity index (χ3v) is 3.21. The number of nitrogens with zero attached hydrogens (tertiary/aromatic N) is 2. The molecule has 0 N–H and O–H groups in total. The molecule has 2 rings (SSSR count). The number of morpholine rings is 1. The lowest BCUT2D eigenvalue weighted by atomic mass is 10.3. The van der Waals surface area contributed by atoms with Crippen molar-refractivity contribution in [3.8, 4) is 0 Å². The number of thiazole rings is 1. The molecule has 1 aromatic heterocycles. The molecular weight excluding hydrogens is 212 g/mol. The predicted molar refractivity (Wildman–Crippen MR) is 58.2 cm³/mol. The highest BCUT2D eigenvalue weighted by atomic mass is 32.1. The van der Waals surface area contributed by atoms with Crippen LogP contribution in [0.1, 0.15) is 22.4 Å². The Balaban J connectivity index is 1.94. The molecule has 0 amide bonds. The Labute approximate surface area is 92.9 Å². The van der Waals surface area contributed by atoms with Crippen LogP contribution >= 0.6 is 11.3 Å². The third kappa shape index (κ3) is 2.84. The van der Waals surface area contributed by atoms with Crippen LogP contribution in [0.3, 0.4) is 0 Å². The zero-order valence-corrected chi connectivity index (χ0v) is 9.55. The second-order valence-corrected chi connectivity index (χ2v) is 4.51. The Morgan fingerprint density at radius 2 is 2.33 bits per heavy atom. The normalized spacial score (nSPS) is 17.9. The SMILES string of the molecule is CC(=O)c1csc(CN2CCOCC2)n1. The molecule has 1 aromatic rings. The van der Waals surface area contributed by atoms with Crippen molar-refractivity contribution < 1.29 is 9.53 Å². The highest BCUT2D eigenvalue weighted by molar-refractivity contribution is 7.09. The van der Waals surface area contributed by atoms with Crippen molar-refractivity contribution in [1.29, 1.82) is 0 Å². The van der Waals surface area contributed by atoms with Crippen LogP contribution in [0.2, 0.25) is 0 Å². The molecule has 15 heavy (non-hydrogen) atoms. The first kappa shape index (κ1) is 10.7. The fraction of sp³-hybridized carbons (Fsp3) is 0.600. The lowest BCUT2D eigenvalue weighted by Crippen LogP contribution is -2.35. The number of hydrogen-bond acceptors (Lipinski definition) is 5. The van der Waals surface area contributed by atoms with Gasteiger partial charge in [0.25, 0.3) is 0 Å². The molecule has 5 heteroatoms. The summed E-state index contributed by atoms with van der Waals surface area (Å²) in [5, 5.41) is 2.85. The summed E-state index contributed by atoms with van der Waals surface area (Å²) in [5.41, 5.74) is 0.586. The molecule has 0 spiro atoms. The Kier molecular flexibility index (Phi) is 3.45. The molecule has 1 aliphatic rings. The average Bonchev–Trinajstić information content (AvgIpc) is 2.68. The molecule has 0 saturated carbocycles. The maximum atomic E-state index is 11.1. The van der Waals surface area contributed by atoms with Gasteiger partial charge in [0.1, 0.15) is 10.7 Å². The molecule has 1 saturated heterocycles. The molecule has 0 bridgehead atoms. The van der Waals surface area contributed by atoms with E-state index >= 15 is 0 Å². The molecule has 82 valence electrons. The van der Waals surface area contributed by atoms with Crippen LogP contribution < -0.4 is 0 Å². The van der Waals surface area contributed by atoms with E-state index in [1.54, 1.807) is 18.3 Å². The first-order valence-electron chi connectivity index (χ1n) is 5.01. The predicted octanol–water partition coefficient (Wildman–Crippen LogP) is 1.18. The largest absolute Gasteiger partial charge is 0.379 e. The Morgan fingerprint density at radius 1 is 1.60 bits per heavy atom. The van der Waals surface area contributed by atoms with Crippen LogP contribution in [-0.2, 0) is 11.3 Å². The number of ketones is 1. The maximum Gasteiger partial charge on any atom is 0.178 e. The molecule has 0 aromatic carbocycles. The van der Waals surface area contributed by atoms with Gasteiger partial charge in [-0.1, -0.05) is 0 Å². The minimum absolute atomic E-state index is 0.0412. The van der Waals surface area contributed by atoms with Gasteiger partial charge in [-0.3, -0.25) is 9.69 Å². The van der Waals surface area contributed by atoms with Crippen LogP contribution in [0.25, 0.3) is 0 Å². The monoisotopic (exact) mass is 226 g/mol. The number of carbonyl (C=O) groups excluding carboxylic acids is 1. The molecule has 0 radical (unpaired) electrons. The number of rotatable bonds is 3. The number of carbonyl (C=O) groups is 1. The topological polar surface area (TPSA) is 42.4 Å². The minimum atomic E-state index is 0.0412. The lowest BCUT2D eigenvalue weighted by Gasteiger charge is -2.25. The van der Waals surface area contributed by atoms with Gasteiger partial charge < -0.3 is 4.74 Å². The smallest absolute Gasteiger partial charge is 0.178 e. The second-order valence-electron chi connectivity index (χ2n) is 3.57. The van der Waals surface area contributed by atoms with Crippen molar-refractivity contribution in [3.05, 3.63) is 16.1 Å². The van der Waals surface area contributed by atoms with Gasteiger partial charge >= 0.3 is 0 Å². The molecule has 1 fully saturated rings. The summed E-state index contributed by atoms with van der Waals surface area (Å²) in [5.74, 6) is 0.0412. The van der Waals surface area contributed by atoms with E-state index in [-0.39, 0.29) is 5.78 Å². The minimum Gasteiger partial charge on any atom is -0.379 e. The fourth-order valence-corrected chi connectivity index (χ4v) is 2.37. The fourth-order valence-electron chi connectivity index (χ4n) is 1.50. The highest BCUT2D eigenvalue weighted by Crippen LogP contribution is 2.13. The average molecular weight is 226 g/mol. The summed E-state index contributed by atoms with van der Waals surface area (Å²) in [6.07, 6.45) is 0. The van der Waals surface area contributed by atoms with Crippen LogP contribution in [-0.4, -0.2) is 42.0 Å². The van der Waals surface area contributed by atoms with E-state index in [2.05, 4.69) is 9.88 Å². The van der Waals surface area contributed by atoms with Crippen LogP contribution in [0.5, 0.6) is 0 Å². The maximum absolute atomic E-state index is 11.1. The van der Waals surface area contributed by atoms with E-state index in [9.17, 15) is 4.79 Å². The lowest BCUT2D eigenvalue weighted by molar-refractivity contribution is 0.0341. The zero-order chi connectivity index (χ0) is 10.7. The summed E-state index contributed by atoms with van der Waals surface area (Å²) in [7, 11) is 0. The van der Waals surface area contributed by atoms with Gasteiger partial charge in [0.05, 0.1) is 19.8 Å². The van der Waals surface area contributed by atoms with Gasteiger partial charge in [0.2, 0.25) is 0 Å². The van der Waals surface area contributed by atoms with Crippen LogP contribution in [0, 0.1) is 0 Å². The van der Waals surface area contributed by atoms with Gasteiger partial charge in [-0.15, -0.1) is 11.3 Å². The van der Waals surface area contributed by atoms with E-state index in [1.807, 2.05) is 5.38 Å².